The third-order valence-electron chi connectivity index (χ3n) is 3.31. The number of aromatic nitrogens is 2. The quantitative estimate of drug-likeness (QED) is 0.779. The van der Waals surface area contributed by atoms with Gasteiger partial charge >= 0.3 is 0 Å². The van der Waals surface area contributed by atoms with Crippen LogP contribution in [0.25, 0.3) is 0 Å². The summed E-state index contributed by atoms with van der Waals surface area (Å²) in [5, 5.41) is 2.91. The van der Waals surface area contributed by atoms with Crippen molar-refractivity contribution in [2.45, 2.75) is 38.2 Å². The van der Waals surface area contributed by atoms with Gasteiger partial charge in [0.25, 0.3) is 5.91 Å². The average Bonchev–Trinajstić information content (AvgIpc) is 2.99. The molecule has 1 aliphatic rings. The molecule has 100 valence electrons. The number of nitrogens with one attached hydrogen (secondary N) is 1. The van der Waals surface area contributed by atoms with E-state index in [9.17, 15) is 4.79 Å². The van der Waals surface area contributed by atoms with Gasteiger partial charge in [-0.25, -0.2) is 4.98 Å². The van der Waals surface area contributed by atoms with Crippen molar-refractivity contribution in [1.29, 1.82) is 0 Å². The Kier molecular flexibility index (Phi) is 4.75. The number of carbonyl (C=O) groups is 1. The van der Waals surface area contributed by atoms with Crippen LogP contribution in [0.15, 0.2) is 12.5 Å². The molecule has 0 spiro atoms. The van der Waals surface area contributed by atoms with Crippen LogP contribution in [0.2, 0.25) is 0 Å². The van der Waals surface area contributed by atoms with Gasteiger partial charge in [-0.2, -0.15) is 0 Å². The molecule has 18 heavy (non-hydrogen) atoms. The first-order valence-electron chi connectivity index (χ1n) is 6.63. The standard InChI is InChI=1S/C13H21N3O2/c1-16-10-14-9-12(16)13(17)15-7-3-2-5-11-6-4-8-18-11/h9-11H,2-8H2,1H3,(H,15,17). The van der Waals surface area contributed by atoms with Crippen LogP contribution >= 0.6 is 0 Å². The maximum atomic E-state index is 11.7. The number of nitrogens with zero attached hydrogens (tertiary/aromatic N) is 2. The van der Waals surface area contributed by atoms with Crippen molar-refractivity contribution in [2.24, 2.45) is 7.05 Å². The lowest BCUT2D eigenvalue weighted by atomic mass is 10.1. The van der Waals surface area contributed by atoms with Gasteiger partial charge in [0, 0.05) is 20.2 Å². The van der Waals surface area contributed by atoms with E-state index in [0.29, 0.717) is 11.8 Å². The summed E-state index contributed by atoms with van der Waals surface area (Å²) in [5.41, 5.74) is 0.606. The molecule has 0 saturated carbocycles. The van der Waals surface area contributed by atoms with Gasteiger partial charge in [0.15, 0.2) is 0 Å². The van der Waals surface area contributed by atoms with Crippen molar-refractivity contribution in [3.8, 4) is 0 Å². The van der Waals surface area contributed by atoms with Crippen LogP contribution in [-0.2, 0) is 11.8 Å². The lowest BCUT2D eigenvalue weighted by molar-refractivity contribution is 0.0939. The van der Waals surface area contributed by atoms with E-state index in [-0.39, 0.29) is 5.91 Å². The molecule has 1 aromatic heterocycles. The summed E-state index contributed by atoms with van der Waals surface area (Å²) in [4.78, 5) is 15.7. The Morgan fingerprint density at radius 1 is 1.61 bits per heavy atom. The highest BCUT2D eigenvalue weighted by atomic mass is 16.5. The Labute approximate surface area is 108 Å². The van der Waals surface area contributed by atoms with Gasteiger partial charge in [-0.3, -0.25) is 4.79 Å². The van der Waals surface area contributed by atoms with Gasteiger partial charge in [0.2, 0.25) is 0 Å². The molecule has 2 heterocycles. The lowest BCUT2D eigenvalue weighted by Gasteiger charge is -2.09. The molecular weight excluding hydrogens is 230 g/mol. The molecule has 5 heteroatoms. The number of hydrogen-bond acceptors (Lipinski definition) is 3. The van der Waals surface area contributed by atoms with E-state index >= 15 is 0 Å². The van der Waals surface area contributed by atoms with E-state index in [1.54, 1.807) is 17.1 Å². The summed E-state index contributed by atoms with van der Waals surface area (Å²) in [5.74, 6) is -0.0490. The van der Waals surface area contributed by atoms with Gasteiger partial charge in [-0.05, 0) is 32.1 Å². The Morgan fingerprint density at radius 3 is 3.17 bits per heavy atom. The highest BCUT2D eigenvalue weighted by Crippen LogP contribution is 2.17. The van der Waals surface area contributed by atoms with Crippen molar-refractivity contribution >= 4 is 5.91 Å². The predicted octanol–water partition coefficient (Wildman–Crippen LogP) is 1.50. The fourth-order valence-corrected chi connectivity index (χ4v) is 2.24. The molecule has 1 fully saturated rings. The first-order valence-corrected chi connectivity index (χ1v) is 6.63. The Balaban J connectivity index is 1.58. The van der Waals surface area contributed by atoms with E-state index in [0.717, 1.165) is 32.4 Å². The second kappa shape index (κ2) is 6.54. The van der Waals surface area contributed by atoms with Crippen LogP contribution in [0.3, 0.4) is 0 Å². The number of imidazole rings is 1. The molecule has 0 radical (unpaired) electrons. The molecule has 5 nitrogen and oxygen atoms in total. The molecule has 1 aromatic rings. The number of aryl methyl sites for hydroxylation is 1. The molecule has 1 N–H and O–H groups in total. The average molecular weight is 251 g/mol. The van der Waals surface area contributed by atoms with Crippen LogP contribution in [0.4, 0.5) is 0 Å². The molecule has 1 aliphatic heterocycles. The van der Waals surface area contributed by atoms with Crippen LogP contribution in [0.5, 0.6) is 0 Å². The lowest BCUT2D eigenvalue weighted by Crippen LogP contribution is -2.26. The fraction of sp³-hybridized carbons (Fsp3) is 0.692. The zero-order valence-corrected chi connectivity index (χ0v) is 10.9. The number of rotatable bonds is 6. The molecule has 0 aromatic carbocycles. The summed E-state index contributed by atoms with van der Waals surface area (Å²) in [6.45, 7) is 1.64. The Morgan fingerprint density at radius 2 is 2.50 bits per heavy atom. The number of hydrogen-bond donors (Lipinski definition) is 1. The van der Waals surface area contributed by atoms with E-state index in [1.807, 2.05) is 7.05 Å². The van der Waals surface area contributed by atoms with Crippen molar-refractivity contribution in [3.05, 3.63) is 18.2 Å². The second-order valence-electron chi connectivity index (χ2n) is 4.78. The minimum absolute atomic E-state index is 0.0490. The van der Waals surface area contributed by atoms with E-state index < -0.39 is 0 Å². The maximum Gasteiger partial charge on any atom is 0.269 e. The van der Waals surface area contributed by atoms with Gasteiger partial charge in [0.1, 0.15) is 5.69 Å². The molecule has 1 unspecified atom stereocenters. The summed E-state index contributed by atoms with van der Waals surface area (Å²) in [6, 6.07) is 0. The summed E-state index contributed by atoms with van der Waals surface area (Å²) < 4.78 is 7.28. The van der Waals surface area contributed by atoms with E-state index in [2.05, 4.69) is 10.3 Å². The van der Waals surface area contributed by atoms with Crippen molar-refractivity contribution in [3.63, 3.8) is 0 Å². The van der Waals surface area contributed by atoms with Crippen LogP contribution in [0.1, 0.15) is 42.6 Å². The zero-order valence-electron chi connectivity index (χ0n) is 10.9. The Hall–Kier alpha value is -1.36. The number of carbonyl (C=O) groups excluding carboxylic acids is 1. The SMILES string of the molecule is Cn1cncc1C(=O)NCCCCC1CCCO1. The maximum absolute atomic E-state index is 11.7. The third-order valence-corrected chi connectivity index (χ3v) is 3.31. The molecule has 2 rings (SSSR count). The largest absolute Gasteiger partial charge is 0.378 e. The van der Waals surface area contributed by atoms with Crippen molar-refractivity contribution < 1.29 is 9.53 Å². The number of amides is 1. The third kappa shape index (κ3) is 3.57. The summed E-state index contributed by atoms with van der Waals surface area (Å²) in [6.07, 6.45) is 9.29. The molecule has 0 aliphatic carbocycles. The van der Waals surface area contributed by atoms with E-state index in [1.165, 1.54) is 12.8 Å². The fourth-order valence-electron chi connectivity index (χ4n) is 2.24. The molecule has 1 amide bonds. The van der Waals surface area contributed by atoms with E-state index in [4.69, 9.17) is 4.74 Å². The monoisotopic (exact) mass is 251 g/mol. The van der Waals surface area contributed by atoms with Gasteiger partial charge in [-0.15, -0.1) is 0 Å². The summed E-state index contributed by atoms with van der Waals surface area (Å²) >= 11 is 0. The molecular formula is C13H21N3O2. The highest BCUT2D eigenvalue weighted by molar-refractivity contribution is 5.92. The minimum Gasteiger partial charge on any atom is -0.378 e. The van der Waals surface area contributed by atoms with Crippen molar-refractivity contribution in [1.82, 2.24) is 14.9 Å². The van der Waals surface area contributed by atoms with Gasteiger partial charge in [-0.1, -0.05) is 0 Å². The van der Waals surface area contributed by atoms with Crippen molar-refractivity contribution in [2.75, 3.05) is 13.2 Å². The molecule has 1 saturated heterocycles. The zero-order chi connectivity index (χ0) is 12.8. The van der Waals surface area contributed by atoms with Gasteiger partial charge in [0.05, 0.1) is 18.6 Å². The number of unbranched alkanes of at least 4 members (excludes halogenated alkanes) is 1. The predicted molar refractivity (Wildman–Crippen MR) is 68.4 cm³/mol. The van der Waals surface area contributed by atoms with Gasteiger partial charge < -0.3 is 14.6 Å². The summed E-state index contributed by atoms with van der Waals surface area (Å²) in [7, 11) is 1.82. The second-order valence-corrected chi connectivity index (χ2v) is 4.78. The van der Waals surface area contributed by atoms with Crippen LogP contribution in [0, 0.1) is 0 Å². The number of ether oxygens (including phenoxy) is 1. The van der Waals surface area contributed by atoms with Crippen LogP contribution in [-0.4, -0.2) is 34.7 Å². The molecule has 1 atom stereocenters. The topological polar surface area (TPSA) is 56.2 Å². The normalized spacial score (nSPS) is 19.1. The minimum atomic E-state index is -0.0490. The smallest absolute Gasteiger partial charge is 0.269 e. The Bertz CT molecular complexity index is 383. The first kappa shape index (κ1) is 13.1. The first-order chi connectivity index (χ1) is 8.77. The highest BCUT2D eigenvalue weighted by Gasteiger charge is 2.14. The van der Waals surface area contributed by atoms with Crippen LogP contribution < -0.4 is 5.32 Å². The molecule has 0 bridgehead atoms.